The smallest absolute Gasteiger partial charge is 0.243 e. The van der Waals surface area contributed by atoms with Crippen LogP contribution in [0.2, 0.25) is 0 Å². The zero-order valence-corrected chi connectivity index (χ0v) is 15.9. The minimum atomic E-state index is -3.60. The molecule has 1 fully saturated rings. The van der Waals surface area contributed by atoms with Gasteiger partial charge in [0.15, 0.2) is 0 Å². The van der Waals surface area contributed by atoms with E-state index in [0.717, 1.165) is 5.56 Å². The molecule has 2 heterocycles. The molecule has 1 saturated heterocycles. The fourth-order valence-electron chi connectivity index (χ4n) is 2.96. The maximum atomic E-state index is 12.7. The second kappa shape index (κ2) is 7.17. The Labute approximate surface area is 162 Å². The van der Waals surface area contributed by atoms with Crippen LogP contribution in [-0.2, 0) is 14.8 Å². The van der Waals surface area contributed by atoms with Gasteiger partial charge in [-0.25, -0.2) is 8.42 Å². The number of sulfonamides is 1. The van der Waals surface area contributed by atoms with Gasteiger partial charge in [-0.05, 0) is 24.3 Å². The molecule has 144 valence electrons. The molecule has 0 bridgehead atoms. The summed E-state index contributed by atoms with van der Waals surface area (Å²) in [6.07, 6.45) is 0. The number of carbonyl (C=O) groups is 1. The van der Waals surface area contributed by atoms with Gasteiger partial charge in [0.2, 0.25) is 27.6 Å². The van der Waals surface area contributed by atoms with Gasteiger partial charge in [0.1, 0.15) is 0 Å². The van der Waals surface area contributed by atoms with Gasteiger partial charge in [-0.15, -0.1) is 0 Å². The van der Waals surface area contributed by atoms with Crippen LogP contribution in [0.1, 0.15) is 18.7 Å². The van der Waals surface area contributed by atoms with E-state index < -0.39 is 10.0 Å². The first-order chi connectivity index (χ1) is 13.4. The molecule has 3 aromatic rings. The number of nitrogens with zero attached hydrogens (tertiary/aromatic N) is 3. The largest absolute Gasteiger partial charge is 0.339 e. The zero-order valence-electron chi connectivity index (χ0n) is 15.1. The fourth-order valence-corrected chi connectivity index (χ4v) is 4.49. The maximum Gasteiger partial charge on any atom is 0.243 e. The third kappa shape index (κ3) is 3.54. The minimum absolute atomic E-state index is 0.126. The van der Waals surface area contributed by atoms with E-state index in [-0.39, 0.29) is 29.8 Å². The standard InChI is InChI=1S/C19H18N4O4S/c1-13(24)20-16-7-9-17(10-8-16)28(25,26)23-11-15(12-23)19-21-18(22-27-19)14-5-3-2-4-6-14/h2-10,15H,11-12H2,1H3,(H,20,24). The summed E-state index contributed by atoms with van der Waals surface area (Å²) in [5, 5.41) is 6.59. The number of benzene rings is 2. The average molecular weight is 398 g/mol. The van der Waals surface area contributed by atoms with Crippen LogP contribution >= 0.6 is 0 Å². The van der Waals surface area contributed by atoms with Crippen LogP contribution in [0.25, 0.3) is 11.4 Å². The van der Waals surface area contributed by atoms with Crippen LogP contribution in [0, 0.1) is 0 Å². The molecule has 0 unspecified atom stereocenters. The second-order valence-corrected chi connectivity index (χ2v) is 8.48. The summed E-state index contributed by atoms with van der Waals surface area (Å²) in [6, 6.07) is 15.5. The Kier molecular flexibility index (Phi) is 4.70. The van der Waals surface area contributed by atoms with E-state index in [2.05, 4.69) is 15.5 Å². The van der Waals surface area contributed by atoms with Crippen molar-refractivity contribution in [3.63, 3.8) is 0 Å². The monoisotopic (exact) mass is 398 g/mol. The number of hydrogen-bond acceptors (Lipinski definition) is 6. The van der Waals surface area contributed by atoms with Gasteiger partial charge in [-0.3, -0.25) is 4.79 Å². The van der Waals surface area contributed by atoms with Crippen LogP contribution in [-0.4, -0.2) is 41.9 Å². The lowest BCUT2D eigenvalue weighted by Gasteiger charge is -2.35. The van der Waals surface area contributed by atoms with Crippen molar-refractivity contribution in [2.24, 2.45) is 0 Å². The summed E-state index contributed by atoms with van der Waals surface area (Å²) in [5.74, 6) is 0.589. The molecule has 1 amide bonds. The molecule has 9 heteroatoms. The molecular formula is C19H18N4O4S. The Morgan fingerprint density at radius 1 is 1.11 bits per heavy atom. The molecule has 28 heavy (non-hydrogen) atoms. The molecule has 0 atom stereocenters. The highest BCUT2D eigenvalue weighted by atomic mass is 32.2. The van der Waals surface area contributed by atoms with Crippen molar-refractivity contribution in [2.75, 3.05) is 18.4 Å². The van der Waals surface area contributed by atoms with E-state index in [1.165, 1.54) is 23.4 Å². The minimum Gasteiger partial charge on any atom is -0.339 e. The van der Waals surface area contributed by atoms with Crippen molar-refractivity contribution < 1.29 is 17.7 Å². The van der Waals surface area contributed by atoms with Gasteiger partial charge < -0.3 is 9.84 Å². The molecule has 0 aliphatic carbocycles. The first-order valence-corrected chi connectivity index (χ1v) is 10.1. The van der Waals surface area contributed by atoms with Crippen molar-refractivity contribution >= 4 is 21.6 Å². The van der Waals surface area contributed by atoms with Gasteiger partial charge in [0.25, 0.3) is 0 Å². The van der Waals surface area contributed by atoms with Crippen molar-refractivity contribution in [3.8, 4) is 11.4 Å². The lowest BCUT2D eigenvalue weighted by Crippen LogP contribution is -2.48. The Bertz CT molecular complexity index is 1090. The average Bonchev–Trinajstić information content (AvgIpc) is 3.10. The van der Waals surface area contributed by atoms with Crippen molar-refractivity contribution in [3.05, 3.63) is 60.5 Å². The molecule has 0 radical (unpaired) electrons. The van der Waals surface area contributed by atoms with Gasteiger partial charge in [0.05, 0.1) is 10.8 Å². The summed E-state index contributed by atoms with van der Waals surface area (Å²) in [6.45, 7) is 1.96. The van der Waals surface area contributed by atoms with Crippen LogP contribution < -0.4 is 5.32 Å². The SMILES string of the molecule is CC(=O)Nc1ccc(S(=O)(=O)N2CC(c3nc(-c4ccccc4)no3)C2)cc1. The lowest BCUT2D eigenvalue weighted by molar-refractivity contribution is -0.114. The normalized spacial score (nSPS) is 15.2. The number of hydrogen-bond donors (Lipinski definition) is 1. The summed E-state index contributed by atoms with van der Waals surface area (Å²) in [7, 11) is -3.60. The third-order valence-electron chi connectivity index (χ3n) is 4.48. The van der Waals surface area contributed by atoms with E-state index in [0.29, 0.717) is 17.4 Å². The Morgan fingerprint density at radius 3 is 2.43 bits per heavy atom. The summed E-state index contributed by atoms with van der Waals surface area (Å²) >= 11 is 0. The molecular weight excluding hydrogens is 380 g/mol. The van der Waals surface area contributed by atoms with Crippen LogP contribution in [0.3, 0.4) is 0 Å². The van der Waals surface area contributed by atoms with E-state index in [9.17, 15) is 13.2 Å². The van der Waals surface area contributed by atoms with Crippen LogP contribution in [0.5, 0.6) is 0 Å². The molecule has 1 aliphatic heterocycles. The highest BCUT2D eigenvalue weighted by Gasteiger charge is 2.40. The lowest BCUT2D eigenvalue weighted by atomic mass is 10.0. The van der Waals surface area contributed by atoms with Gasteiger partial charge in [0, 0.05) is 31.3 Å². The summed E-state index contributed by atoms with van der Waals surface area (Å²) in [5.41, 5.74) is 1.40. The molecule has 1 aromatic heterocycles. The molecule has 0 saturated carbocycles. The molecule has 1 N–H and O–H groups in total. The number of amides is 1. The van der Waals surface area contributed by atoms with E-state index in [1.807, 2.05) is 30.3 Å². The van der Waals surface area contributed by atoms with E-state index >= 15 is 0 Å². The molecule has 8 nitrogen and oxygen atoms in total. The molecule has 2 aromatic carbocycles. The van der Waals surface area contributed by atoms with Crippen LogP contribution in [0.4, 0.5) is 5.69 Å². The topological polar surface area (TPSA) is 105 Å². The first-order valence-electron chi connectivity index (χ1n) is 8.70. The first kappa shape index (κ1) is 18.3. The number of rotatable bonds is 5. The van der Waals surface area contributed by atoms with Gasteiger partial charge in [-0.2, -0.15) is 9.29 Å². The second-order valence-electron chi connectivity index (χ2n) is 6.55. The Morgan fingerprint density at radius 2 is 1.79 bits per heavy atom. The zero-order chi connectivity index (χ0) is 19.7. The number of nitrogens with one attached hydrogen (secondary N) is 1. The predicted molar refractivity (Wildman–Crippen MR) is 102 cm³/mol. The quantitative estimate of drug-likeness (QED) is 0.708. The van der Waals surface area contributed by atoms with E-state index in [1.54, 1.807) is 12.1 Å². The highest BCUT2D eigenvalue weighted by molar-refractivity contribution is 7.89. The maximum absolute atomic E-state index is 12.7. The number of anilines is 1. The molecule has 1 aliphatic rings. The highest BCUT2D eigenvalue weighted by Crippen LogP contribution is 2.32. The molecule has 0 spiro atoms. The Hall–Kier alpha value is -3.04. The summed E-state index contributed by atoms with van der Waals surface area (Å²) in [4.78, 5) is 15.6. The van der Waals surface area contributed by atoms with Crippen molar-refractivity contribution in [2.45, 2.75) is 17.7 Å². The van der Waals surface area contributed by atoms with Crippen molar-refractivity contribution in [1.29, 1.82) is 0 Å². The number of aromatic nitrogens is 2. The third-order valence-corrected chi connectivity index (χ3v) is 6.33. The van der Waals surface area contributed by atoms with Gasteiger partial charge in [-0.1, -0.05) is 35.5 Å². The summed E-state index contributed by atoms with van der Waals surface area (Å²) < 4.78 is 32.1. The Balaban J connectivity index is 1.43. The van der Waals surface area contributed by atoms with Gasteiger partial charge >= 0.3 is 0 Å². The fraction of sp³-hybridized carbons (Fsp3) is 0.211. The van der Waals surface area contributed by atoms with Crippen molar-refractivity contribution in [1.82, 2.24) is 14.4 Å². The predicted octanol–water partition coefficient (Wildman–Crippen LogP) is 2.48. The number of carbonyl (C=O) groups excluding carboxylic acids is 1. The van der Waals surface area contributed by atoms with E-state index in [4.69, 9.17) is 4.52 Å². The van der Waals surface area contributed by atoms with Crippen LogP contribution in [0.15, 0.2) is 64.0 Å². The molecule has 4 rings (SSSR count).